The van der Waals surface area contributed by atoms with Gasteiger partial charge in [0.25, 0.3) is 0 Å². The van der Waals surface area contributed by atoms with Gasteiger partial charge in [0.2, 0.25) is 11.8 Å². The molecule has 2 amide bonds. The molecule has 0 aromatic heterocycles. The minimum absolute atomic E-state index is 0.0590. The Hall–Kier alpha value is -2.25. The van der Waals surface area contributed by atoms with Crippen LogP contribution < -0.4 is 10.1 Å². The lowest BCUT2D eigenvalue weighted by Gasteiger charge is -2.34. The van der Waals surface area contributed by atoms with Crippen molar-refractivity contribution in [2.75, 3.05) is 19.6 Å². The maximum absolute atomic E-state index is 13.1. The van der Waals surface area contributed by atoms with Crippen LogP contribution in [-0.2, 0) is 15.0 Å². The minimum Gasteiger partial charge on any atom is -0.406 e. The topological polar surface area (TPSA) is 58.6 Å². The fraction of sp³-hybridized carbons (Fsp3) is 0.652. The van der Waals surface area contributed by atoms with E-state index in [1.165, 1.54) is 6.07 Å². The number of alkyl halides is 3. The fourth-order valence-corrected chi connectivity index (χ4v) is 4.74. The fourth-order valence-electron chi connectivity index (χ4n) is 4.74. The summed E-state index contributed by atoms with van der Waals surface area (Å²) in [6, 6.07) is 5.07. The van der Waals surface area contributed by atoms with Crippen molar-refractivity contribution in [3.8, 4) is 5.75 Å². The first-order chi connectivity index (χ1) is 14.6. The number of carbonyl (C=O) groups excluding carboxylic acids is 2. The van der Waals surface area contributed by atoms with Crippen molar-refractivity contribution in [1.29, 1.82) is 0 Å². The number of ether oxygens (including phenoxy) is 1. The van der Waals surface area contributed by atoms with E-state index in [9.17, 15) is 22.8 Å². The van der Waals surface area contributed by atoms with E-state index in [4.69, 9.17) is 0 Å². The molecule has 5 nitrogen and oxygen atoms in total. The summed E-state index contributed by atoms with van der Waals surface area (Å²) in [7, 11) is 0. The number of nitrogens with zero attached hydrogens (tertiary/aromatic N) is 1. The van der Waals surface area contributed by atoms with Crippen LogP contribution in [0.15, 0.2) is 18.2 Å². The van der Waals surface area contributed by atoms with Gasteiger partial charge in [-0.25, -0.2) is 0 Å². The maximum atomic E-state index is 13.1. The molecular weight excluding hydrogens is 409 g/mol. The monoisotopic (exact) mass is 440 g/mol. The highest BCUT2D eigenvalue weighted by Crippen LogP contribution is 2.59. The molecular formula is C23H31F3N2O3. The van der Waals surface area contributed by atoms with Crippen molar-refractivity contribution in [2.45, 2.75) is 64.7 Å². The number of fused-ring (bicyclic) bond motifs is 1. The molecule has 172 valence electrons. The van der Waals surface area contributed by atoms with E-state index in [1.54, 1.807) is 19.9 Å². The van der Waals surface area contributed by atoms with E-state index in [-0.39, 0.29) is 34.8 Å². The molecule has 1 heterocycles. The molecule has 0 bridgehead atoms. The van der Waals surface area contributed by atoms with E-state index >= 15 is 0 Å². The molecule has 0 spiro atoms. The predicted octanol–water partition coefficient (Wildman–Crippen LogP) is 4.33. The van der Waals surface area contributed by atoms with E-state index in [0.29, 0.717) is 38.0 Å². The number of halogens is 3. The Labute approximate surface area is 181 Å². The van der Waals surface area contributed by atoms with Crippen molar-refractivity contribution in [3.63, 3.8) is 0 Å². The summed E-state index contributed by atoms with van der Waals surface area (Å²) in [5.41, 5.74) is 1.12. The molecule has 1 aliphatic carbocycles. The molecule has 1 saturated heterocycles. The number of nitrogens with one attached hydrogen (secondary N) is 1. The van der Waals surface area contributed by atoms with Gasteiger partial charge in [-0.05, 0) is 49.3 Å². The summed E-state index contributed by atoms with van der Waals surface area (Å²) in [5.74, 6) is -0.163. The first-order valence-electron chi connectivity index (χ1n) is 11.0. The highest BCUT2D eigenvalue weighted by atomic mass is 19.4. The summed E-state index contributed by atoms with van der Waals surface area (Å²) < 4.78 is 42.4. The predicted molar refractivity (Wildman–Crippen MR) is 111 cm³/mol. The Morgan fingerprint density at radius 3 is 2.68 bits per heavy atom. The van der Waals surface area contributed by atoms with Crippen molar-refractivity contribution in [3.05, 3.63) is 29.3 Å². The van der Waals surface area contributed by atoms with Crippen LogP contribution in [0, 0.1) is 18.8 Å². The number of amides is 2. The molecule has 31 heavy (non-hydrogen) atoms. The van der Waals surface area contributed by atoms with Crippen molar-refractivity contribution in [2.24, 2.45) is 11.8 Å². The summed E-state index contributed by atoms with van der Waals surface area (Å²) >= 11 is 0. The average Bonchev–Trinajstić information content (AvgIpc) is 3.45. The molecule has 1 saturated carbocycles. The van der Waals surface area contributed by atoms with Gasteiger partial charge in [-0.2, -0.15) is 0 Å². The van der Waals surface area contributed by atoms with Crippen molar-refractivity contribution in [1.82, 2.24) is 10.2 Å². The smallest absolute Gasteiger partial charge is 0.406 e. The molecule has 1 aliphatic heterocycles. The normalized spacial score (nSPS) is 23.7. The van der Waals surface area contributed by atoms with Gasteiger partial charge in [0, 0.05) is 31.5 Å². The van der Waals surface area contributed by atoms with Crippen LogP contribution in [0.25, 0.3) is 0 Å². The molecule has 2 unspecified atom stereocenters. The first-order valence-corrected chi connectivity index (χ1v) is 11.0. The third-order valence-electron chi connectivity index (χ3n) is 6.65. The van der Waals surface area contributed by atoms with Gasteiger partial charge < -0.3 is 15.0 Å². The van der Waals surface area contributed by atoms with E-state index in [1.807, 2.05) is 17.9 Å². The number of carbonyl (C=O) groups is 2. The third-order valence-corrected chi connectivity index (χ3v) is 6.65. The number of benzene rings is 1. The summed E-state index contributed by atoms with van der Waals surface area (Å²) in [4.78, 5) is 26.5. The molecule has 8 heteroatoms. The maximum Gasteiger partial charge on any atom is 0.573 e. The van der Waals surface area contributed by atoms with Crippen LogP contribution in [-0.4, -0.2) is 42.7 Å². The summed E-state index contributed by atoms with van der Waals surface area (Å²) in [5, 5.41) is 2.83. The highest BCUT2D eigenvalue weighted by molar-refractivity contribution is 5.81. The molecule has 3 atom stereocenters. The quantitative estimate of drug-likeness (QED) is 0.655. The summed E-state index contributed by atoms with van der Waals surface area (Å²) in [6.45, 7) is 6.91. The molecule has 2 aliphatic rings. The lowest BCUT2D eigenvalue weighted by molar-refractivity contribution is -0.274. The lowest BCUT2D eigenvalue weighted by Crippen LogP contribution is -2.46. The second-order valence-electron chi connectivity index (χ2n) is 8.76. The zero-order valence-corrected chi connectivity index (χ0v) is 18.3. The molecule has 1 N–H and O–H groups in total. The average molecular weight is 441 g/mol. The molecule has 0 radical (unpaired) electrons. The summed E-state index contributed by atoms with van der Waals surface area (Å²) in [6.07, 6.45) is -1.19. The second-order valence-corrected chi connectivity index (χ2v) is 8.76. The zero-order chi connectivity index (χ0) is 22.8. The molecule has 1 aromatic rings. The van der Waals surface area contributed by atoms with Crippen LogP contribution in [0.1, 0.15) is 57.1 Å². The zero-order valence-electron chi connectivity index (χ0n) is 18.3. The molecule has 3 rings (SSSR count). The van der Waals surface area contributed by atoms with Gasteiger partial charge in [-0.3, -0.25) is 9.59 Å². The lowest BCUT2D eigenvalue weighted by atomic mass is 9.86. The number of hydrogen-bond acceptors (Lipinski definition) is 3. The van der Waals surface area contributed by atoms with Crippen LogP contribution >= 0.6 is 0 Å². The molecule has 2 fully saturated rings. The number of aryl methyl sites for hydroxylation is 1. The number of likely N-dealkylation sites (tertiary alicyclic amines) is 1. The van der Waals surface area contributed by atoms with E-state index < -0.39 is 6.36 Å². The van der Waals surface area contributed by atoms with Gasteiger partial charge >= 0.3 is 6.36 Å². The second kappa shape index (κ2) is 9.09. The number of piperidine rings is 1. The Morgan fingerprint density at radius 1 is 1.32 bits per heavy atom. The van der Waals surface area contributed by atoms with Crippen molar-refractivity contribution < 1.29 is 27.5 Å². The number of hydrogen-bond donors (Lipinski definition) is 1. The van der Waals surface area contributed by atoms with Gasteiger partial charge in [-0.1, -0.05) is 32.4 Å². The standard InChI is InChI=1S/C23H31F3N2O3/c1-4-6-16(13-27-20(29)5-2)21(30)28-10-9-22(12-18(22)14-28)17-8-7-15(3)19(11-17)31-23(24,25)26/h7-8,11,16,18H,4-6,9-10,12-14H2,1-3H3,(H,27,29)/t16-,18?,22?/m1/s1. The van der Waals surface area contributed by atoms with E-state index in [0.717, 1.165) is 24.8 Å². The van der Waals surface area contributed by atoms with Crippen LogP contribution in [0.5, 0.6) is 5.75 Å². The van der Waals surface area contributed by atoms with Gasteiger partial charge in [0.15, 0.2) is 0 Å². The molecule has 1 aromatic carbocycles. The Bertz CT molecular complexity index is 827. The third kappa shape index (κ3) is 5.33. The highest BCUT2D eigenvalue weighted by Gasteiger charge is 2.58. The Balaban J connectivity index is 1.66. The largest absolute Gasteiger partial charge is 0.573 e. The van der Waals surface area contributed by atoms with Gasteiger partial charge in [0.1, 0.15) is 5.75 Å². The van der Waals surface area contributed by atoms with E-state index in [2.05, 4.69) is 10.1 Å². The van der Waals surface area contributed by atoms with Crippen LogP contribution in [0.4, 0.5) is 13.2 Å². The van der Waals surface area contributed by atoms with Crippen LogP contribution in [0.3, 0.4) is 0 Å². The van der Waals surface area contributed by atoms with Gasteiger partial charge in [0.05, 0.1) is 5.92 Å². The first kappa shape index (κ1) is 23.4. The Morgan fingerprint density at radius 2 is 2.06 bits per heavy atom. The van der Waals surface area contributed by atoms with Gasteiger partial charge in [-0.15, -0.1) is 13.2 Å². The van der Waals surface area contributed by atoms with Crippen LogP contribution in [0.2, 0.25) is 0 Å². The SMILES string of the molecule is CCC[C@H](CNC(=O)CC)C(=O)N1CCC2(c3ccc(C)c(OC(F)(F)F)c3)CC2C1. The Kier molecular flexibility index (Phi) is 6.86. The number of rotatable bonds is 8. The van der Waals surface area contributed by atoms with Crippen molar-refractivity contribution >= 4 is 11.8 Å². The minimum atomic E-state index is -4.72.